The Morgan fingerprint density at radius 2 is 2.33 bits per heavy atom. The van der Waals surface area contributed by atoms with Crippen molar-refractivity contribution in [2.75, 3.05) is 29.9 Å². The number of hydrogen-bond acceptors (Lipinski definition) is 4. The van der Waals surface area contributed by atoms with Crippen molar-refractivity contribution in [2.24, 2.45) is 0 Å². The molecule has 0 radical (unpaired) electrons. The van der Waals surface area contributed by atoms with Gasteiger partial charge in [-0.25, -0.2) is 0 Å². The molecule has 1 fully saturated rings. The van der Waals surface area contributed by atoms with E-state index in [2.05, 4.69) is 28.5 Å². The van der Waals surface area contributed by atoms with E-state index in [0.717, 1.165) is 49.3 Å². The van der Waals surface area contributed by atoms with Crippen LogP contribution in [0.1, 0.15) is 37.8 Å². The zero-order valence-electron chi connectivity index (χ0n) is 12.4. The Morgan fingerprint density at radius 1 is 1.48 bits per heavy atom. The minimum Gasteiger partial charge on any atom is -0.394 e. The van der Waals surface area contributed by atoms with Crippen LogP contribution in [-0.2, 0) is 4.79 Å². The predicted molar refractivity (Wildman–Crippen MR) is 83.6 cm³/mol. The van der Waals surface area contributed by atoms with E-state index in [1.165, 1.54) is 0 Å². The van der Waals surface area contributed by atoms with Crippen molar-refractivity contribution in [3.05, 3.63) is 23.8 Å². The second-order valence-electron chi connectivity index (χ2n) is 5.82. The van der Waals surface area contributed by atoms with E-state index in [9.17, 15) is 9.90 Å². The first-order valence-corrected chi connectivity index (χ1v) is 7.80. The van der Waals surface area contributed by atoms with Crippen LogP contribution in [0.4, 0.5) is 11.4 Å². The zero-order chi connectivity index (χ0) is 14.8. The standard InChI is InChI=1S/C16H23N3O2/c1-2-7-17-15-13-6-5-11(9-14(13)18-16(15)21)19-8-3-4-12(19)10-20/h5-6,9,12,15,17,20H,2-4,7-8,10H2,1H3,(H,18,21). The fourth-order valence-corrected chi connectivity index (χ4v) is 3.29. The molecule has 2 aliphatic rings. The third-order valence-electron chi connectivity index (χ3n) is 4.39. The zero-order valence-corrected chi connectivity index (χ0v) is 12.4. The van der Waals surface area contributed by atoms with Gasteiger partial charge in [0.15, 0.2) is 0 Å². The van der Waals surface area contributed by atoms with Crippen molar-refractivity contribution in [2.45, 2.75) is 38.3 Å². The Bertz CT molecular complexity index is 532. The molecule has 3 N–H and O–H groups in total. The van der Waals surface area contributed by atoms with Gasteiger partial charge in [0.2, 0.25) is 5.91 Å². The minimum absolute atomic E-state index is 0.0238. The summed E-state index contributed by atoms with van der Waals surface area (Å²) in [6, 6.07) is 6.10. The Labute approximate surface area is 125 Å². The molecule has 21 heavy (non-hydrogen) atoms. The summed E-state index contributed by atoms with van der Waals surface area (Å²) in [5.41, 5.74) is 3.01. The lowest BCUT2D eigenvalue weighted by atomic mass is 10.1. The Kier molecular flexibility index (Phi) is 4.12. The molecule has 1 aromatic rings. The Morgan fingerprint density at radius 3 is 3.10 bits per heavy atom. The fraction of sp³-hybridized carbons (Fsp3) is 0.562. The van der Waals surface area contributed by atoms with E-state index in [0.29, 0.717) is 0 Å². The quantitative estimate of drug-likeness (QED) is 0.771. The first kappa shape index (κ1) is 14.4. The van der Waals surface area contributed by atoms with Gasteiger partial charge >= 0.3 is 0 Å². The van der Waals surface area contributed by atoms with Crippen LogP contribution in [0.25, 0.3) is 0 Å². The van der Waals surface area contributed by atoms with Crippen molar-refractivity contribution >= 4 is 17.3 Å². The van der Waals surface area contributed by atoms with E-state index in [4.69, 9.17) is 0 Å². The molecule has 1 saturated heterocycles. The maximum atomic E-state index is 12.1. The number of fused-ring (bicyclic) bond motifs is 1. The molecule has 2 aliphatic heterocycles. The topological polar surface area (TPSA) is 64.6 Å². The minimum atomic E-state index is -0.235. The molecule has 0 bridgehead atoms. The van der Waals surface area contributed by atoms with Crippen LogP contribution in [0, 0.1) is 0 Å². The number of anilines is 2. The van der Waals surface area contributed by atoms with E-state index in [1.54, 1.807) is 0 Å². The summed E-state index contributed by atoms with van der Waals surface area (Å²) in [5, 5.41) is 15.7. The van der Waals surface area contributed by atoms with Crippen LogP contribution < -0.4 is 15.5 Å². The third-order valence-corrected chi connectivity index (χ3v) is 4.39. The number of hydrogen-bond donors (Lipinski definition) is 3. The van der Waals surface area contributed by atoms with Crippen molar-refractivity contribution < 1.29 is 9.90 Å². The number of amides is 1. The number of nitrogens with zero attached hydrogens (tertiary/aromatic N) is 1. The van der Waals surface area contributed by atoms with Gasteiger partial charge in [0, 0.05) is 23.5 Å². The van der Waals surface area contributed by atoms with E-state index >= 15 is 0 Å². The molecule has 0 saturated carbocycles. The first-order valence-electron chi connectivity index (χ1n) is 7.80. The van der Waals surface area contributed by atoms with Crippen LogP contribution in [0.5, 0.6) is 0 Å². The summed E-state index contributed by atoms with van der Waals surface area (Å²) >= 11 is 0. The number of benzene rings is 1. The summed E-state index contributed by atoms with van der Waals surface area (Å²) in [5.74, 6) is 0.0238. The molecule has 2 unspecified atom stereocenters. The average Bonchev–Trinajstić information content (AvgIpc) is 3.08. The Balaban J connectivity index is 1.83. The molecular weight excluding hydrogens is 266 g/mol. The SMILES string of the molecule is CCCNC1C(=O)Nc2cc(N3CCCC3CO)ccc21. The monoisotopic (exact) mass is 289 g/mol. The van der Waals surface area contributed by atoms with Gasteiger partial charge in [-0.1, -0.05) is 13.0 Å². The highest BCUT2D eigenvalue weighted by molar-refractivity contribution is 6.03. The lowest BCUT2D eigenvalue weighted by Gasteiger charge is -2.25. The van der Waals surface area contributed by atoms with Gasteiger partial charge in [-0.2, -0.15) is 0 Å². The molecule has 0 aromatic heterocycles. The molecule has 5 nitrogen and oxygen atoms in total. The largest absolute Gasteiger partial charge is 0.394 e. The molecular formula is C16H23N3O2. The van der Waals surface area contributed by atoms with Gasteiger partial charge in [0.25, 0.3) is 0 Å². The summed E-state index contributed by atoms with van der Waals surface area (Å²) in [4.78, 5) is 14.3. The van der Waals surface area contributed by atoms with Crippen molar-refractivity contribution in [3.8, 4) is 0 Å². The summed E-state index contributed by atoms with van der Waals surface area (Å²) < 4.78 is 0. The smallest absolute Gasteiger partial charge is 0.246 e. The number of carbonyl (C=O) groups is 1. The van der Waals surface area contributed by atoms with Crippen LogP contribution in [0.2, 0.25) is 0 Å². The number of aliphatic hydroxyl groups is 1. The molecule has 114 valence electrons. The van der Waals surface area contributed by atoms with E-state index in [-0.39, 0.29) is 24.6 Å². The highest BCUT2D eigenvalue weighted by atomic mass is 16.3. The maximum absolute atomic E-state index is 12.1. The highest BCUT2D eigenvalue weighted by Crippen LogP contribution is 2.36. The first-order chi connectivity index (χ1) is 10.2. The third kappa shape index (κ3) is 2.63. The number of aliphatic hydroxyl groups excluding tert-OH is 1. The second-order valence-corrected chi connectivity index (χ2v) is 5.82. The summed E-state index contributed by atoms with van der Waals surface area (Å²) in [7, 11) is 0. The normalized spacial score (nSPS) is 24.3. The predicted octanol–water partition coefficient (Wildman–Crippen LogP) is 1.64. The molecule has 1 amide bonds. The molecule has 2 atom stereocenters. The number of rotatable bonds is 5. The highest BCUT2D eigenvalue weighted by Gasteiger charge is 2.31. The summed E-state index contributed by atoms with van der Waals surface area (Å²) in [6.45, 7) is 4.07. The maximum Gasteiger partial charge on any atom is 0.246 e. The molecule has 2 heterocycles. The molecule has 5 heteroatoms. The van der Waals surface area contributed by atoms with E-state index in [1.807, 2.05) is 12.1 Å². The van der Waals surface area contributed by atoms with Gasteiger partial charge in [0.1, 0.15) is 6.04 Å². The van der Waals surface area contributed by atoms with E-state index < -0.39 is 0 Å². The van der Waals surface area contributed by atoms with Gasteiger partial charge in [0.05, 0.1) is 12.6 Å². The van der Waals surface area contributed by atoms with Gasteiger partial charge in [-0.05, 0) is 37.9 Å². The number of carbonyl (C=O) groups excluding carboxylic acids is 1. The van der Waals surface area contributed by atoms with Crippen molar-refractivity contribution in [3.63, 3.8) is 0 Å². The van der Waals surface area contributed by atoms with Gasteiger partial charge in [-0.15, -0.1) is 0 Å². The van der Waals surface area contributed by atoms with Crippen LogP contribution >= 0.6 is 0 Å². The van der Waals surface area contributed by atoms with Gasteiger partial charge < -0.3 is 20.6 Å². The van der Waals surface area contributed by atoms with Crippen LogP contribution in [0.15, 0.2) is 18.2 Å². The lowest BCUT2D eigenvalue weighted by molar-refractivity contribution is -0.117. The molecule has 3 rings (SSSR count). The summed E-state index contributed by atoms with van der Waals surface area (Å²) in [6.07, 6.45) is 3.14. The lowest BCUT2D eigenvalue weighted by Crippen LogP contribution is -2.31. The Hall–Kier alpha value is -1.59. The molecule has 1 aromatic carbocycles. The van der Waals surface area contributed by atoms with Gasteiger partial charge in [-0.3, -0.25) is 4.79 Å². The fourth-order valence-electron chi connectivity index (χ4n) is 3.29. The molecule has 0 aliphatic carbocycles. The van der Waals surface area contributed by atoms with Crippen molar-refractivity contribution in [1.29, 1.82) is 0 Å². The van der Waals surface area contributed by atoms with Crippen LogP contribution in [0.3, 0.4) is 0 Å². The molecule has 0 spiro atoms. The van der Waals surface area contributed by atoms with Crippen LogP contribution in [-0.4, -0.2) is 36.8 Å². The number of nitrogens with one attached hydrogen (secondary N) is 2. The second kappa shape index (κ2) is 6.03. The van der Waals surface area contributed by atoms with Crippen molar-refractivity contribution in [1.82, 2.24) is 5.32 Å². The average molecular weight is 289 g/mol.